The number of halogens is 1. The number of methoxy groups -OCH3 is 1. The molecular formula is C13H16BrNO4. The van der Waals surface area contributed by atoms with Crippen molar-refractivity contribution in [1.82, 2.24) is 4.90 Å². The van der Waals surface area contributed by atoms with Crippen molar-refractivity contribution in [2.75, 3.05) is 14.2 Å². The summed E-state index contributed by atoms with van der Waals surface area (Å²) in [6.07, 6.45) is -0.152. The van der Waals surface area contributed by atoms with E-state index >= 15 is 0 Å². The van der Waals surface area contributed by atoms with E-state index < -0.39 is 5.97 Å². The van der Waals surface area contributed by atoms with Gasteiger partial charge in [0.15, 0.2) is 0 Å². The Hall–Kier alpha value is -1.56. The minimum absolute atomic E-state index is 0.00213. The number of carboxylic acids is 1. The van der Waals surface area contributed by atoms with Gasteiger partial charge in [0.2, 0.25) is 5.91 Å². The third kappa shape index (κ3) is 4.90. The van der Waals surface area contributed by atoms with Gasteiger partial charge >= 0.3 is 5.97 Å². The highest BCUT2D eigenvalue weighted by atomic mass is 79.9. The number of carbonyl (C=O) groups excluding carboxylic acids is 1. The predicted molar refractivity (Wildman–Crippen MR) is 74.0 cm³/mol. The summed E-state index contributed by atoms with van der Waals surface area (Å²) in [6.45, 7) is 0.376. The minimum atomic E-state index is -0.971. The van der Waals surface area contributed by atoms with Gasteiger partial charge in [-0.3, -0.25) is 9.59 Å². The minimum Gasteiger partial charge on any atom is -0.496 e. The molecular weight excluding hydrogens is 314 g/mol. The summed E-state index contributed by atoms with van der Waals surface area (Å²) in [5.41, 5.74) is 0.864. The lowest BCUT2D eigenvalue weighted by molar-refractivity contribution is -0.140. The molecule has 0 heterocycles. The molecule has 0 aliphatic rings. The van der Waals surface area contributed by atoms with Crippen LogP contribution in [0.25, 0.3) is 0 Å². The van der Waals surface area contributed by atoms with Gasteiger partial charge in [0, 0.05) is 30.0 Å². The second-order valence-corrected chi connectivity index (χ2v) is 5.02. The first-order valence-electron chi connectivity index (χ1n) is 5.72. The van der Waals surface area contributed by atoms with Crippen LogP contribution >= 0.6 is 15.9 Å². The number of carboxylic acid groups (broad SMARTS) is 1. The first-order valence-corrected chi connectivity index (χ1v) is 6.51. The maximum atomic E-state index is 11.7. The molecule has 0 aliphatic carbocycles. The van der Waals surface area contributed by atoms with Crippen LogP contribution in [0.2, 0.25) is 0 Å². The first-order chi connectivity index (χ1) is 8.93. The number of carbonyl (C=O) groups is 2. The Morgan fingerprint density at radius 3 is 2.63 bits per heavy atom. The van der Waals surface area contributed by atoms with Crippen LogP contribution in [0.4, 0.5) is 0 Å². The Morgan fingerprint density at radius 2 is 2.05 bits per heavy atom. The van der Waals surface area contributed by atoms with E-state index in [1.54, 1.807) is 14.2 Å². The summed E-state index contributed by atoms with van der Waals surface area (Å²) < 4.78 is 6.12. The number of hydrogen-bond donors (Lipinski definition) is 1. The van der Waals surface area contributed by atoms with E-state index in [0.29, 0.717) is 12.3 Å². The lowest BCUT2D eigenvalue weighted by atomic mass is 10.2. The molecule has 1 amide bonds. The Morgan fingerprint density at radius 1 is 1.37 bits per heavy atom. The molecule has 5 nitrogen and oxygen atoms in total. The van der Waals surface area contributed by atoms with E-state index in [-0.39, 0.29) is 18.7 Å². The molecule has 0 unspecified atom stereocenters. The molecule has 0 atom stereocenters. The maximum Gasteiger partial charge on any atom is 0.303 e. The van der Waals surface area contributed by atoms with Gasteiger partial charge in [-0.25, -0.2) is 0 Å². The first kappa shape index (κ1) is 15.5. The van der Waals surface area contributed by atoms with Crippen LogP contribution in [0.3, 0.4) is 0 Å². The van der Waals surface area contributed by atoms with Crippen molar-refractivity contribution in [3.8, 4) is 5.75 Å². The van der Waals surface area contributed by atoms with E-state index in [0.717, 1.165) is 10.0 Å². The standard InChI is InChI=1S/C13H16BrNO4/c1-15(12(16)5-6-13(17)18)8-9-7-10(14)3-4-11(9)19-2/h3-4,7H,5-6,8H2,1-2H3,(H,17,18). The van der Waals surface area contributed by atoms with Crippen molar-refractivity contribution in [1.29, 1.82) is 0 Å². The largest absolute Gasteiger partial charge is 0.496 e. The molecule has 0 saturated carbocycles. The highest BCUT2D eigenvalue weighted by Gasteiger charge is 2.13. The highest BCUT2D eigenvalue weighted by Crippen LogP contribution is 2.24. The van der Waals surface area contributed by atoms with Crippen molar-refractivity contribution >= 4 is 27.8 Å². The fourth-order valence-corrected chi connectivity index (χ4v) is 2.03. The van der Waals surface area contributed by atoms with E-state index in [1.165, 1.54) is 4.90 Å². The molecule has 104 valence electrons. The number of hydrogen-bond acceptors (Lipinski definition) is 3. The van der Waals surface area contributed by atoms with E-state index in [2.05, 4.69) is 15.9 Å². The zero-order valence-electron chi connectivity index (χ0n) is 10.9. The zero-order chi connectivity index (χ0) is 14.4. The number of rotatable bonds is 6. The normalized spacial score (nSPS) is 10.1. The van der Waals surface area contributed by atoms with Gasteiger partial charge in [0.05, 0.1) is 13.5 Å². The monoisotopic (exact) mass is 329 g/mol. The third-order valence-electron chi connectivity index (χ3n) is 2.63. The highest BCUT2D eigenvalue weighted by molar-refractivity contribution is 9.10. The van der Waals surface area contributed by atoms with Crippen molar-refractivity contribution in [3.63, 3.8) is 0 Å². The Balaban J connectivity index is 2.70. The van der Waals surface area contributed by atoms with E-state index in [1.807, 2.05) is 18.2 Å². The molecule has 0 aliphatic heterocycles. The number of amides is 1. The summed E-state index contributed by atoms with van der Waals surface area (Å²) in [7, 11) is 3.21. The Bertz CT molecular complexity index is 476. The third-order valence-corrected chi connectivity index (χ3v) is 3.12. The summed E-state index contributed by atoms with van der Waals surface area (Å²) in [6, 6.07) is 5.55. The molecule has 0 saturated heterocycles. The van der Waals surface area contributed by atoms with Crippen LogP contribution in [-0.4, -0.2) is 36.0 Å². The summed E-state index contributed by atoms with van der Waals surface area (Å²) in [5.74, 6) is -0.479. The number of nitrogens with zero attached hydrogens (tertiary/aromatic N) is 1. The molecule has 1 rings (SSSR count). The van der Waals surface area contributed by atoms with E-state index in [4.69, 9.17) is 9.84 Å². The van der Waals surface area contributed by atoms with Gasteiger partial charge < -0.3 is 14.7 Å². The Kier molecular flexibility index (Phi) is 5.82. The quantitative estimate of drug-likeness (QED) is 0.869. The van der Waals surface area contributed by atoms with Gasteiger partial charge in [0.1, 0.15) is 5.75 Å². The summed E-state index contributed by atoms with van der Waals surface area (Å²) in [4.78, 5) is 23.7. The van der Waals surface area contributed by atoms with E-state index in [9.17, 15) is 9.59 Å². The molecule has 1 aromatic carbocycles. The molecule has 1 N–H and O–H groups in total. The molecule has 0 bridgehead atoms. The molecule has 6 heteroatoms. The van der Waals surface area contributed by atoms with Gasteiger partial charge in [0.25, 0.3) is 0 Å². The van der Waals surface area contributed by atoms with Crippen LogP contribution in [0.1, 0.15) is 18.4 Å². The smallest absolute Gasteiger partial charge is 0.303 e. The lowest BCUT2D eigenvalue weighted by Crippen LogP contribution is -2.26. The van der Waals surface area contributed by atoms with Gasteiger partial charge in [-0.1, -0.05) is 15.9 Å². The number of aliphatic carboxylic acids is 1. The summed E-state index contributed by atoms with van der Waals surface area (Å²) >= 11 is 3.37. The Labute approximate surface area is 120 Å². The van der Waals surface area contributed by atoms with Crippen LogP contribution in [0, 0.1) is 0 Å². The number of benzene rings is 1. The SMILES string of the molecule is COc1ccc(Br)cc1CN(C)C(=O)CCC(=O)O. The lowest BCUT2D eigenvalue weighted by Gasteiger charge is -2.18. The van der Waals surface area contributed by atoms with Crippen molar-refractivity contribution in [3.05, 3.63) is 28.2 Å². The fourth-order valence-electron chi connectivity index (χ4n) is 1.62. The predicted octanol–water partition coefficient (Wildman–Crippen LogP) is 2.28. The average Bonchev–Trinajstić information content (AvgIpc) is 2.36. The molecule has 0 aromatic heterocycles. The van der Waals surface area contributed by atoms with Gasteiger partial charge in [-0.05, 0) is 18.2 Å². The van der Waals surface area contributed by atoms with Crippen LogP contribution in [0.5, 0.6) is 5.75 Å². The molecule has 0 fully saturated rings. The average molecular weight is 330 g/mol. The maximum absolute atomic E-state index is 11.7. The fraction of sp³-hybridized carbons (Fsp3) is 0.385. The van der Waals surface area contributed by atoms with Gasteiger partial charge in [-0.15, -0.1) is 0 Å². The van der Waals surface area contributed by atoms with Gasteiger partial charge in [-0.2, -0.15) is 0 Å². The second-order valence-electron chi connectivity index (χ2n) is 4.10. The van der Waals surface area contributed by atoms with Crippen molar-refractivity contribution < 1.29 is 19.4 Å². The molecule has 0 spiro atoms. The van der Waals surface area contributed by atoms with Crippen molar-refractivity contribution in [2.24, 2.45) is 0 Å². The molecule has 1 aromatic rings. The van der Waals surface area contributed by atoms with Crippen LogP contribution in [0.15, 0.2) is 22.7 Å². The van der Waals surface area contributed by atoms with Crippen LogP contribution in [-0.2, 0) is 16.1 Å². The van der Waals surface area contributed by atoms with Crippen LogP contribution < -0.4 is 4.74 Å². The van der Waals surface area contributed by atoms with Crippen molar-refractivity contribution in [2.45, 2.75) is 19.4 Å². The molecule has 19 heavy (non-hydrogen) atoms. The summed E-state index contributed by atoms with van der Waals surface area (Å²) in [5, 5.41) is 8.56. The second kappa shape index (κ2) is 7.13. The zero-order valence-corrected chi connectivity index (χ0v) is 12.4. The topological polar surface area (TPSA) is 66.8 Å². The number of ether oxygens (including phenoxy) is 1. The molecule has 0 radical (unpaired) electrons.